The van der Waals surface area contributed by atoms with Gasteiger partial charge in [-0.25, -0.2) is 0 Å². The minimum Gasteiger partial charge on any atom is -0.406 e. The Kier molecular flexibility index (Phi) is 6.59. The van der Waals surface area contributed by atoms with Crippen molar-refractivity contribution in [3.63, 3.8) is 0 Å². The first kappa shape index (κ1) is 21.4. The minimum absolute atomic E-state index is 0.0177. The predicted molar refractivity (Wildman–Crippen MR) is 114 cm³/mol. The molecule has 0 saturated carbocycles. The Bertz CT molecular complexity index is 985. The molecule has 1 aliphatic heterocycles. The van der Waals surface area contributed by atoms with Crippen LogP contribution in [0.15, 0.2) is 78.9 Å². The number of benzene rings is 3. The van der Waals surface area contributed by atoms with E-state index in [0.717, 1.165) is 24.2 Å². The summed E-state index contributed by atoms with van der Waals surface area (Å²) >= 11 is 0. The fourth-order valence-electron chi connectivity index (χ4n) is 4.09. The van der Waals surface area contributed by atoms with E-state index in [1.165, 1.54) is 17.7 Å². The van der Waals surface area contributed by atoms with Gasteiger partial charge >= 0.3 is 6.36 Å². The smallest absolute Gasteiger partial charge is 0.406 e. The second-order valence-corrected chi connectivity index (χ2v) is 7.57. The predicted octanol–water partition coefficient (Wildman–Crippen LogP) is 5.57. The average Bonchev–Trinajstić information content (AvgIpc) is 2.78. The Morgan fingerprint density at radius 2 is 1.74 bits per heavy atom. The number of ether oxygens (including phenoxy) is 2. The molecule has 0 bridgehead atoms. The molecule has 0 aromatic heterocycles. The Balaban J connectivity index is 1.66. The van der Waals surface area contributed by atoms with Crippen LogP contribution < -0.4 is 10.1 Å². The van der Waals surface area contributed by atoms with Crippen molar-refractivity contribution in [1.29, 1.82) is 0 Å². The van der Waals surface area contributed by atoms with Crippen LogP contribution in [-0.4, -0.2) is 32.2 Å². The highest BCUT2D eigenvalue weighted by atomic mass is 19.4. The Morgan fingerprint density at radius 3 is 2.48 bits per heavy atom. The second-order valence-electron chi connectivity index (χ2n) is 7.57. The molecule has 2 unspecified atom stereocenters. The van der Waals surface area contributed by atoms with Crippen LogP contribution in [0.4, 0.5) is 13.2 Å². The fraction of sp³-hybridized carbons (Fsp3) is 0.280. The lowest BCUT2D eigenvalue weighted by Gasteiger charge is -2.32. The molecule has 6 heteroatoms. The molecule has 0 radical (unpaired) electrons. The van der Waals surface area contributed by atoms with Gasteiger partial charge in [-0.15, -0.1) is 13.2 Å². The molecule has 2 atom stereocenters. The SMILES string of the molecule is FC(F)(F)Oc1cccc(-c2ccccc2CC(c2ccccc2)C2CNCCO2)c1. The van der Waals surface area contributed by atoms with Gasteiger partial charge in [-0.05, 0) is 40.8 Å². The van der Waals surface area contributed by atoms with Crippen molar-refractivity contribution in [3.05, 3.63) is 90.0 Å². The van der Waals surface area contributed by atoms with E-state index < -0.39 is 6.36 Å². The monoisotopic (exact) mass is 427 g/mol. The second kappa shape index (κ2) is 9.54. The fourth-order valence-corrected chi connectivity index (χ4v) is 4.09. The summed E-state index contributed by atoms with van der Waals surface area (Å²) in [4.78, 5) is 0. The zero-order valence-electron chi connectivity index (χ0n) is 16.9. The largest absolute Gasteiger partial charge is 0.573 e. The van der Waals surface area contributed by atoms with Gasteiger partial charge in [0.05, 0.1) is 12.7 Å². The maximum Gasteiger partial charge on any atom is 0.573 e. The lowest BCUT2D eigenvalue weighted by Crippen LogP contribution is -2.42. The van der Waals surface area contributed by atoms with Crippen LogP contribution in [-0.2, 0) is 11.2 Å². The van der Waals surface area contributed by atoms with Gasteiger partial charge < -0.3 is 14.8 Å². The van der Waals surface area contributed by atoms with Crippen LogP contribution >= 0.6 is 0 Å². The van der Waals surface area contributed by atoms with Gasteiger partial charge in [-0.2, -0.15) is 0 Å². The van der Waals surface area contributed by atoms with Crippen molar-refractivity contribution in [2.75, 3.05) is 19.7 Å². The van der Waals surface area contributed by atoms with Crippen molar-refractivity contribution >= 4 is 0 Å². The quantitative estimate of drug-likeness (QED) is 0.558. The Hall–Kier alpha value is -2.83. The van der Waals surface area contributed by atoms with E-state index >= 15 is 0 Å². The molecule has 1 saturated heterocycles. The Morgan fingerprint density at radius 1 is 0.968 bits per heavy atom. The highest BCUT2D eigenvalue weighted by molar-refractivity contribution is 5.69. The zero-order valence-corrected chi connectivity index (χ0v) is 16.9. The molecule has 3 aromatic rings. The van der Waals surface area contributed by atoms with Crippen molar-refractivity contribution < 1.29 is 22.6 Å². The molecule has 162 valence electrons. The molecule has 1 N–H and O–H groups in total. The van der Waals surface area contributed by atoms with Crippen LogP contribution in [0.1, 0.15) is 17.0 Å². The van der Waals surface area contributed by atoms with Gasteiger partial charge in [0.25, 0.3) is 0 Å². The first-order valence-corrected chi connectivity index (χ1v) is 10.3. The van der Waals surface area contributed by atoms with Crippen LogP contribution in [0.25, 0.3) is 11.1 Å². The molecule has 1 aliphatic rings. The molecule has 1 fully saturated rings. The number of rotatable bonds is 6. The molecule has 4 rings (SSSR count). The zero-order chi connectivity index (χ0) is 21.7. The Labute approximate surface area is 179 Å². The molecular formula is C25H24F3NO2. The first-order valence-electron chi connectivity index (χ1n) is 10.3. The van der Waals surface area contributed by atoms with E-state index in [1.807, 2.05) is 42.5 Å². The summed E-state index contributed by atoms with van der Waals surface area (Å²) in [5, 5.41) is 3.40. The normalized spacial score (nSPS) is 17.8. The van der Waals surface area contributed by atoms with Gasteiger partial charge in [-0.1, -0.05) is 66.7 Å². The summed E-state index contributed by atoms with van der Waals surface area (Å²) in [5.74, 6) is -0.107. The van der Waals surface area contributed by atoms with Crippen molar-refractivity contribution in [1.82, 2.24) is 5.32 Å². The number of alkyl halides is 3. The summed E-state index contributed by atoms with van der Waals surface area (Å²) in [6.45, 7) is 2.25. The van der Waals surface area contributed by atoms with Gasteiger partial charge in [0, 0.05) is 19.0 Å². The first-order chi connectivity index (χ1) is 15.0. The third kappa shape index (κ3) is 5.66. The van der Waals surface area contributed by atoms with E-state index in [9.17, 15) is 13.2 Å². The summed E-state index contributed by atoms with van der Waals surface area (Å²) in [5.41, 5.74) is 3.81. The van der Waals surface area contributed by atoms with E-state index in [2.05, 4.69) is 22.2 Å². The molecular weight excluding hydrogens is 403 g/mol. The van der Waals surface area contributed by atoms with Gasteiger partial charge in [0.2, 0.25) is 0 Å². The minimum atomic E-state index is -4.72. The lowest BCUT2D eigenvalue weighted by molar-refractivity contribution is -0.274. The number of hydrogen-bond acceptors (Lipinski definition) is 3. The molecule has 0 spiro atoms. The van der Waals surface area contributed by atoms with E-state index in [1.54, 1.807) is 12.1 Å². The van der Waals surface area contributed by atoms with Gasteiger partial charge in [-0.3, -0.25) is 0 Å². The molecule has 0 amide bonds. The molecule has 3 nitrogen and oxygen atoms in total. The maximum absolute atomic E-state index is 12.7. The van der Waals surface area contributed by atoms with Crippen LogP contribution in [0.2, 0.25) is 0 Å². The molecule has 31 heavy (non-hydrogen) atoms. The van der Waals surface area contributed by atoms with Crippen LogP contribution in [0.5, 0.6) is 5.75 Å². The standard InChI is InChI=1S/C25H24F3NO2/c26-25(27,28)31-21-11-6-10-19(15-21)22-12-5-4-9-20(22)16-23(18-7-2-1-3-8-18)24-17-29-13-14-30-24/h1-12,15,23-24,29H,13-14,16-17H2. The molecule has 3 aromatic carbocycles. The van der Waals surface area contributed by atoms with Crippen LogP contribution in [0.3, 0.4) is 0 Å². The van der Waals surface area contributed by atoms with Crippen molar-refractivity contribution in [3.8, 4) is 16.9 Å². The summed E-state index contributed by atoms with van der Waals surface area (Å²) in [7, 11) is 0. The van der Waals surface area contributed by atoms with E-state index in [0.29, 0.717) is 18.6 Å². The highest BCUT2D eigenvalue weighted by Gasteiger charge is 2.31. The number of nitrogens with one attached hydrogen (secondary N) is 1. The number of halogens is 3. The maximum atomic E-state index is 12.7. The van der Waals surface area contributed by atoms with Gasteiger partial charge in [0.15, 0.2) is 0 Å². The lowest BCUT2D eigenvalue weighted by atomic mass is 9.84. The summed E-state index contributed by atoms with van der Waals surface area (Å²) in [6.07, 6.45) is -4.00. The third-order valence-corrected chi connectivity index (χ3v) is 5.47. The topological polar surface area (TPSA) is 30.5 Å². The van der Waals surface area contributed by atoms with Gasteiger partial charge in [0.1, 0.15) is 5.75 Å². The highest BCUT2D eigenvalue weighted by Crippen LogP contribution is 2.34. The summed E-state index contributed by atoms with van der Waals surface area (Å²) in [6, 6.07) is 24.2. The van der Waals surface area contributed by atoms with E-state index in [4.69, 9.17) is 4.74 Å². The summed E-state index contributed by atoms with van der Waals surface area (Å²) < 4.78 is 48.2. The number of hydrogen-bond donors (Lipinski definition) is 1. The van der Waals surface area contributed by atoms with Crippen LogP contribution in [0, 0.1) is 0 Å². The molecule has 1 heterocycles. The third-order valence-electron chi connectivity index (χ3n) is 5.47. The molecule has 0 aliphatic carbocycles. The number of morpholine rings is 1. The average molecular weight is 427 g/mol. The van der Waals surface area contributed by atoms with Crippen molar-refractivity contribution in [2.45, 2.75) is 24.8 Å². The van der Waals surface area contributed by atoms with E-state index in [-0.39, 0.29) is 17.8 Å². The van der Waals surface area contributed by atoms with Crippen molar-refractivity contribution in [2.24, 2.45) is 0 Å².